The van der Waals surface area contributed by atoms with Crippen molar-refractivity contribution in [3.05, 3.63) is 77.5 Å². The van der Waals surface area contributed by atoms with E-state index in [-0.39, 0.29) is 5.91 Å². The second-order valence-electron chi connectivity index (χ2n) is 11.3. The molecule has 3 heterocycles. The average molecular weight is 557 g/mol. The lowest BCUT2D eigenvalue weighted by molar-refractivity contribution is 0.0635. The summed E-state index contributed by atoms with van der Waals surface area (Å²) in [4.78, 5) is 32.2. The third-order valence-corrected chi connectivity index (χ3v) is 6.71. The topological polar surface area (TPSA) is 110 Å². The number of anilines is 2. The van der Waals surface area contributed by atoms with E-state index in [9.17, 15) is 9.59 Å². The Hall–Kier alpha value is -4.44. The number of ether oxygens (including phenoxy) is 2. The zero-order chi connectivity index (χ0) is 29.0. The van der Waals surface area contributed by atoms with Crippen molar-refractivity contribution in [1.29, 1.82) is 0 Å². The van der Waals surface area contributed by atoms with Crippen LogP contribution in [0.3, 0.4) is 0 Å². The Labute approximate surface area is 239 Å². The van der Waals surface area contributed by atoms with Crippen LogP contribution in [-0.4, -0.2) is 50.2 Å². The van der Waals surface area contributed by atoms with Gasteiger partial charge in [0.05, 0.1) is 6.20 Å². The monoisotopic (exact) mass is 556 g/mol. The van der Waals surface area contributed by atoms with E-state index in [0.717, 1.165) is 30.8 Å². The quantitative estimate of drug-likeness (QED) is 0.270. The Balaban J connectivity index is 1.28. The van der Waals surface area contributed by atoms with E-state index in [0.29, 0.717) is 34.3 Å². The van der Waals surface area contributed by atoms with Gasteiger partial charge in [-0.2, -0.15) is 0 Å². The van der Waals surface area contributed by atoms with Crippen LogP contribution in [0.5, 0.6) is 11.6 Å². The van der Waals surface area contributed by atoms with Crippen molar-refractivity contribution < 1.29 is 19.1 Å². The fourth-order valence-electron chi connectivity index (χ4n) is 4.74. The normalized spacial score (nSPS) is 14.0. The number of fused-ring (bicyclic) bond motifs is 1. The number of carbonyl (C=O) groups is 2. The Bertz CT molecular complexity index is 1550. The first kappa shape index (κ1) is 28.1. The van der Waals surface area contributed by atoms with E-state index in [4.69, 9.17) is 9.47 Å². The minimum Gasteiger partial charge on any atom is -0.444 e. The summed E-state index contributed by atoms with van der Waals surface area (Å²) in [5.74, 6) is 1.00. The number of likely N-dealkylation sites (tertiary alicyclic amines) is 1. The highest BCUT2D eigenvalue weighted by Gasteiger charge is 2.19. The molecule has 10 heteroatoms. The molecule has 5 rings (SSSR count). The molecule has 0 unspecified atom stereocenters. The van der Waals surface area contributed by atoms with E-state index in [1.54, 1.807) is 45.2 Å². The zero-order valence-electron chi connectivity index (χ0n) is 23.9. The van der Waals surface area contributed by atoms with Crippen LogP contribution in [0.2, 0.25) is 0 Å². The third-order valence-electron chi connectivity index (χ3n) is 6.71. The Morgan fingerprint density at radius 1 is 0.976 bits per heavy atom. The number of carbonyl (C=O) groups excluding carboxylic acids is 2. The van der Waals surface area contributed by atoms with Crippen molar-refractivity contribution in [3.8, 4) is 11.6 Å². The summed E-state index contributed by atoms with van der Waals surface area (Å²) < 4.78 is 12.8. The van der Waals surface area contributed by atoms with Crippen LogP contribution in [0.25, 0.3) is 5.65 Å². The standard InChI is InChI=1S/C31H36N6O4/c1-21-12-13-23(40-28-15-14-27-33-26(20-37(27)35-28)34-30(39)41-31(2,3)4)18-25(21)32-29(38)24-11-7-6-10-22(24)19-36-16-8-5-9-17-36/h6-7,10-15,18,20H,5,8-9,16-17,19H2,1-4H3,(H,32,38)(H,34,39). The highest BCUT2D eigenvalue weighted by molar-refractivity contribution is 6.05. The highest BCUT2D eigenvalue weighted by atomic mass is 16.6. The molecule has 2 aromatic heterocycles. The van der Waals surface area contributed by atoms with Gasteiger partial charge in [-0.1, -0.05) is 30.7 Å². The maximum Gasteiger partial charge on any atom is 0.413 e. The third kappa shape index (κ3) is 7.40. The molecule has 1 aliphatic heterocycles. The van der Waals surface area contributed by atoms with Gasteiger partial charge in [-0.25, -0.2) is 14.3 Å². The summed E-state index contributed by atoms with van der Waals surface area (Å²) in [6, 6.07) is 16.7. The molecule has 0 bridgehead atoms. The largest absolute Gasteiger partial charge is 0.444 e. The Morgan fingerprint density at radius 2 is 1.76 bits per heavy atom. The number of aryl methyl sites for hydroxylation is 1. The molecule has 0 aliphatic carbocycles. The molecule has 1 fully saturated rings. The zero-order valence-corrected chi connectivity index (χ0v) is 23.9. The van der Waals surface area contributed by atoms with Crippen molar-refractivity contribution in [1.82, 2.24) is 19.5 Å². The Morgan fingerprint density at radius 3 is 2.54 bits per heavy atom. The second-order valence-corrected chi connectivity index (χ2v) is 11.3. The maximum absolute atomic E-state index is 13.4. The van der Waals surface area contributed by atoms with E-state index in [1.807, 2.05) is 43.3 Å². The summed E-state index contributed by atoms with van der Waals surface area (Å²) in [5.41, 5.74) is 3.18. The number of nitrogens with one attached hydrogen (secondary N) is 2. The smallest absolute Gasteiger partial charge is 0.413 e. The number of rotatable bonds is 7. The molecule has 0 atom stereocenters. The molecule has 4 aromatic rings. The fourth-order valence-corrected chi connectivity index (χ4v) is 4.74. The molecule has 0 radical (unpaired) electrons. The summed E-state index contributed by atoms with van der Waals surface area (Å²) in [5, 5.41) is 10.1. The van der Waals surface area contributed by atoms with Crippen LogP contribution < -0.4 is 15.4 Å². The molecule has 2 amide bonds. The van der Waals surface area contributed by atoms with Gasteiger partial charge in [0.2, 0.25) is 5.88 Å². The van der Waals surface area contributed by atoms with Gasteiger partial charge in [0.1, 0.15) is 11.4 Å². The van der Waals surface area contributed by atoms with Crippen LogP contribution in [0.1, 0.15) is 61.5 Å². The minimum absolute atomic E-state index is 0.152. The molecular weight excluding hydrogens is 520 g/mol. The summed E-state index contributed by atoms with van der Waals surface area (Å²) >= 11 is 0. The molecule has 1 aliphatic rings. The van der Waals surface area contributed by atoms with E-state index in [2.05, 4.69) is 25.6 Å². The second kappa shape index (κ2) is 12.0. The van der Waals surface area contributed by atoms with Gasteiger partial charge in [0.15, 0.2) is 11.5 Å². The van der Waals surface area contributed by atoms with Gasteiger partial charge in [-0.05, 0) is 83.0 Å². The van der Waals surface area contributed by atoms with Crippen molar-refractivity contribution >= 4 is 29.2 Å². The van der Waals surface area contributed by atoms with Crippen molar-refractivity contribution in [3.63, 3.8) is 0 Å². The van der Waals surface area contributed by atoms with Crippen LogP contribution >= 0.6 is 0 Å². The lowest BCUT2D eigenvalue weighted by Gasteiger charge is -2.27. The van der Waals surface area contributed by atoms with Gasteiger partial charge in [-0.3, -0.25) is 15.0 Å². The number of benzene rings is 2. The molecule has 0 spiro atoms. The van der Waals surface area contributed by atoms with Gasteiger partial charge in [0.25, 0.3) is 5.91 Å². The molecule has 2 aromatic carbocycles. The van der Waals surface area contributed by atoms with Crippen molar-refractivity contribution in [2.75, 3.05) is 23.7 Å². The number of piperidine rings is 1. The molecular formula is C31H36N6O4. The van der Waals surface area contributed by atoms with Crippen LogP contribution in [0.15, 0.2) is 60.8 Å². The molecule has 41 heavy (non-hydrogen) atoms. The number of hydrogen-bond donors (Lipinski definition) is 2. The summed E-state index contributed by atoms with van der Waals surface area (Å²) in [6.45, 7) is 10.2. The van der Waals surface area contributed by atoms with Crippen LogP contribution in [0, 0.1) is 6.92 Å². The maximum atomic E-state index is 13.4. The van der Waals surface area contributed by atoms with Gasteiger partial charge >= 0.3 is 6.09 Å². The molecule has 214 valence electrons. The predicted molar refractivity (Wildman–Crippen MR) is 158 cm³/mol. The number of amides is 2. The molecule has 2 N–H and O–H groups in total. The molecule has 10 nitrogen and oxygen atoms in total. The van der Waals surface area contributed by atoms with Crippen LogP contribution in [-0.2, 0) is 11.3 Å². The fraction of sp³-hybridized carbons (Fsp3) is 0.355. The Kier molecular flexibility index (Phi) is 8.21. The predicted octanol–water partition coefficient (Wildman–Crippen LogP) is 6.42. The first-order valence-electron chi connectivity index (χ1n) is 13.9. The number of hydrogen-bond acceptors (Lipinski definition) is 7. The SMILES string of the molecule is Cc1ccc(Oc2ccc3nc(NC(=O)OC(C)(C)C)cn3n2)cc1NC(=O)c1ccccc1CN1CCCCC1. The van der Waals surface area contributed by atoms with Gasteiger partial charge < -0.3 is 14.8 Å². The average Bonchev–Trinajstić information content (AvgIpc) is 3.31. The van der Waals surface area contributed by atoms with Crippen molar-refractivity contribution in [2.45, 2.75) is 59.1 Å². The van der Waals surface area contributed by atoms with Gasteiger partial charge in [0, 0.05) is 29.9 Å². The number of aromatic nitrogens is 3. The van der Waals surface area contributed by atoms with E-state index >= 15 is 0 Å². The first-order chi connectivity index (χ1) is 19.6. The van der Waals surface area contributed by atoms with Crippen LogP contribution in [0.4, 0.5) is 16.3 Å². The first-order valence-corrected chi connectivity index (χ1v) is 13.9. The van der Waals surface area contributed by atoms with E-state index in [1.165, 1.54) is 23.8 Å². The van der Waals surface area contributed by atoms with E-state index < -0.39 is 11.7 Å². The summed E-state index contributed by atoms with van der Waals surface area (Å²) in [7, 11) is 0. The lowest BCUT2D eigenvalue weighted by Crippen LogP contribution is -2.30. The molecule has 0 saturated carbocycles. The number of nitrogens with zero attached hydrogens (tertiary/aromatic N) is 4. The summed E-state index contributed by atoms with van der Waals surface area (Å²) in [6.07, 6.45) is 4.66. The lowest BCUT2D eigenvalue weighted by atomic mass is 10.0. The van der Waals surface area contributed by atoms with Gasteiger partial charge in [-0.15, -0.1) is 5.10 Å². The van der Waals surface area contributed by atoms with Crippen molar-refractivity contribution in [2.24, 2.45) is 0 Å². The highest BCUT2D eigenvalue weighted by Crippen LogP contribution is 2.27. The number of imidazole rings is 1. The molecule has 1 saturated heterocycles. The minimum atomic E-state index is -0.620.